The van der Waals surface area contributed by atoms with Crippen molar-refractivity contribution in [3.05, 3.63) is 83.6 Å². The number of hydrogen-bond acceptors (Lipinski definition) is 6. The maximum Gasteiger partial charge on any atom is 0.354 e. The van der Waals surface area contributed by atoms with Crippen LogP contribution in [0.5, 0.6) is 0 Å². The van der Waals surface area contributed by atoms with Crippen molar-refractivity contribution in [3.63, 3.8) is 0 Å². The second-order valence-electron chi connectivity index (χ2n) is 10.8. The topological polar surface area (TPSA) is 119 Å². The minimum absolute atomic E-state index is 0.186. The number of aromatic nitrogens is 2. The third-order valence-corrected chi connectivity index (χ3v) is 5.20. The third kappa shape index (κ3) is 6.61. The van der Waals surface area contributed by atoms with Crippen LogP contribution in [0.2, 0.25) is 0 Å². The molecule has 2 N–H and O–H groups in total. The van der Waals surface area contributed by atoms with E-state index in [0.29, 0.717) is 16.6 Å². The molecule has 0 aliphatic heterocycles. The Kier molecular flexibility index (Phi) is 7.71. The SMILES string of the molecule is C=C(NC(=O)C(=C)n1cnc2c(-c3ccc(C(=O)NC(C)(C)C)cc3)cccc2c1=O)C(=O)OC(C)(C)C. The van der Waals surface area contributed by atoms with Gasteiger partial charge < -0.3 is 15.4 Å². The molecule has 0 radical (unpaired) electrons. The quantitative estimate of drug-likeness (QED) is 0.377. The zero-order valence-electron chi connectivity index (χ0n) is 22.5. The van der Waals surface area contributed by atoms with Gasteiger partial charge >= 0.3 is 5.97 Å². The average molecular weight is 517 g/mol. The van der Waals surface area contributed by atoms with Crippen LogP contribution >= 0.6 is 0 Å². The molecular formula is C29H32N4O5. The molecule has 38 heavy (non-hydrogen) atoms. The first-order valence-corrected chi connectivity index (χ1v) is 11.9. The number of carbonyl (C=O) groups excluding carboxylic acids is 3. The smallest absolute Gasteiger partial charge is 0.354 e. The van der Waals surface area contributed by atoms with Gasteiger partial charge in [0.2, 0.25) is 0 Å². The van der Waals surface area contributed by atoms with E-state index in [-0.39, 0.29) is 28.2 Å². The van der Waals surface area contributed by atoms with E-state index in [1.807, 2.05) is 26.8 Å². The summed E-state index contributed by atoms with van der Waals surface area (Å²) >= 11 is 0. The Balaban J connectivity index is 1.87. The fraction of sp³-hybridized carbons (Fsp3) is 0.276. The zero-order chi connectivity index (χ0) is 28.4. The van der Waals surface area contributed by atoms with E-state index in [4.69, 9.17) is 4.74 Å². The fourth-order valence-corrected chi connectivity index (χ4v) is 3.50. The number of benzene rings is 2. The van der Waals surface area contributed by atoms with Crippen molar-refractivity contribution in [3.8, 4) is 11.1 Å². The van der Waals surface area contributed by atoms with E-state index >= 15 is 0 Å². The van der Waals surface area contributed by atoms with Gasteiger partial charge in [-0.2, -0.15) is 0 Å². The lowest BCUT2D eigenvalue weighted by atomic mass is 10.0. The molecule has 0 spiro atoms. The van der Waals surface area contributed by atoms with Gasteiger partial charge in [-0.1, -0.05) is 37.4 Å². The first-order chi connectivity index (χ1) is 17.6. The number of para-hydroxylation sites is 1. The normalized spacial score (nSPS) is 11.5. The number of hydrogen-bond donors (Lipinski definition) is 2. The summed E-state index contributed by atoms with van der Waals surface area (Å²) < 4.78 is 6.18. The summed E-state index contributed by atoms with van der Waals surface area (Å²) in [6, 6.07) is 12.1. The summed E-state index contributed by atoms with van der Waals surface area (Å²) in [7, 11) is 0. The van der Waals surface area contributed by atoms with Crippen molar-refractivity contribution in [2.45, 2.75) is 52.7 Å². The van der Waals surface area contributed by atoms with Crippen LogP contribution in [0.25, 0.3) is 27.7 Å². The van der Waals surface area contributed by atoms with Crippen LogP contribution in [0, 0.1) is 0 Å². The second-order valence-corrected chi connectivity index (χ2v) is 10.8. The highest BCUT2D eigenvalue weighted by atomic mass is 16.6. The summed E-state index contributed by atoms with van der Waals surface area (Å²) in [6.07, 6.45) is 1.21. The molecule has 198 valence electrons. The molecule has 1 aromatic heterocycles. The van der Waals surface area contributed by atoms with Gasteiger partial charge in [-0.15, -0.1) is 0 Å². The first kappa shape index (κ1) is 28.0. The Morgan fingerprint density at radius 3 is 2.16 bits per heavy atom. The third-order valence-electron chi connectivity index (χ3n) is 5.20. The van der Waals surface area contributed by atoms with Crippen molar-refractivity contribution in [2.24, 2.45) is 0 Å². The predicted molar refractivity (Wildman–Crippen MR) is 147 cm³/mol. The lowest BCUT2D eigenvalue weighted by Crippen LogP contribution is -2.40. The molecule has 3 rings (SSSR count). The molecule has 9 heteroatoms. The minimum atomic E-state index is -0.801. The molecule has 9 nitrogen and oxygen atoms in total. The average Bonchev–Trinajstić information content (AvgIpc) is 2.81. The van der Waals surface area contributed by atoms with Crippen LogP contribution in [-0.4, -0.2) is 38.5 Å². The van der Waals surface area contributed by atoms with E-state index in [2.05, 4.69) is 28.8 Å². The van der Waals surface area contributed by atoms with Gasteiger partial charge in [0.05, 0.1) is 10.9 Å². The van der Waals surface area contributed by atoms with Crippen LogP contribution in [-0.2, 0) is 14.3 Å². The number of amides is 2. The van der Waals surface area contributed by atoms with Gasteiger partial charge in [-0.3, -0.25) is 19.0 Å². The van der Waals surface area contributed by atoms with Crippen LogP contribution in [0.1, 0.15) is 51.9 Å². The lowest BCUT2D eigenvalue weighted by Gasteiger charge is -2.20. The van der Waals surface area contributed by atoms with Gasteiger partial charge in [0, 0.05) is 16.7 Å². The van der Waals surface area contributed by atoms with Crippen molar-refractivity contribution >= 4 is 34.4 Å². The summed E-state index contributed by atoms with van der Waals surface area (Å²) in [4.78, 5) is 54.9. The first-order valence-electron chi connectivity index (χ1n) is 11.9. The number of fused-ring (bicyclic) bond motifs is 1. The maximum atomic E-state index is 13.3. The summed E-state index contributed by atoms with van der Waals surface area (Å²) in [5.41, 5.74) is 0.212. The number of rotatable bonds is 6. The minimum Gasteiger partial charge on any atom is -0.455 e. The monoisotopic (exact) mass is 516 g/mol. The Bertz CT molecular complexity index is 1500. The van der Waals surface area contributed by atoms with E-state index < -0.39 is 23.0 Å². The highest BCUT2D eigenvalue weighted by Crippen LogP contribution is 2.26. The molecule has 0 bridgehead atoms. The number of carbonyl (C=O) groups is 3. The van der Waals surface area contributed by atoms with Crippen LogP contribution in [0.15, 0.2) is 72.4 Å². The molecular weight excluding hydrogens is 484 g/mol. The molecule has 2 aromatic carbocycles. The van der Waals surface area contributed by atoms with E-state index in [1.165, 1.54) is 6.33 Å². The Morgan fingerprint density at radius 2 is 1.58 bits per heavy atom. The van der Waals surface area contributed by atoms with Crippen LogP contribution in [0.3, 0.4) is 0 Å². The maximum absolute atomic E-state index is 13.3. The van der Waals surface area contributed by atoms with Crippen molar-refractivity contribution < 1.29 is 19.1 Å². The summed E-state index contributed by atoms with van der Waals surface area (Å²) in [5.74, 6) is -1.78. The van der Waals surface area contributed by atoms with E-state index in [0.717, 1.165) is 10.1 Å². The molecule has 0 saturated carbocycles. The number of nitrogens with zero attached hydrogens (tertiary/aromatic N) is 2. The number of ether oxygens (including phenoxy) is 1. The molecule has 0 unspecified atom stereocenters. The summed E-state index contributed by atoms with van der Waals surface area (Å²) in [5, 5.41) is 5.50. The van der Waals surface area contributed by atoms with Gasteiger partial charge in [0.15, 0.2) is 0 Å². The molecule has 0 atom stereocenters. The number of esters is 1. The predicted octanol–water partition coefficient (Wildman–Crippen LogP) is 4.03. The highest BCUT2D eigenvalue weighted by Gasteiger charge is 2.22. The van der Waals surface area contributed by atoms with Crippen molar-refractivity contribution in [1.82, 2.24) is 20.2 Å². The van der Waals surface area contributed by atoms with Gasteiger partial charge in [-0.05, 0) is 65.3 Å². The van der Waals surface area contributed by atoms with Crippen molar-refractivity contribution in [2.75, 3.05) is 0 Å². The van der Waals surface area contributed by atoms with Gasteiger partial charge in [-0.25, -0.2) is 9.78 Å². The standard InChI is InChI=1S/C29H32N4O5/c1-17(27(37)38-29(6,7)8)31-24(34)18(2)33-16-30-23-21(10-9-11-22(23)26(33)36)19-12-14-20(15-13-19)25(35)32-28(3,4)5/h9-16H,1-2H2,3-8H3,(H,31,34)(H,32,35). The molecule has 0 aliphatic carbocycles. The molecule has 1 heterocycles. The number of nitrogens with one attached hydrogen (secondary N) is 2. The van der Waals surface area contributed by atoms with E-state index in [9.17, 15) is 19.2 Å². The summed E-state index contributed by atoms with van der Waals surface area (Å²) in [6.45, 7) is 18.0. The zero-order valence-corrected chi connectivity index (χ0v) is 22.5. The van der Waals surface area contributed by atoms with Gasteiger partial charge in [0.1, 0.15) is 23.3 Å². The molecule has 0 saturated heterocycles. The molecule has 3 aromatic rings. The molecule has 2 amide bonds. The second kappa shape index (κ2) is 10.5. The highest BCUT2D eigenvalue weighted by molar-refractivity contribution is 6.15. The van der Waals surface area contributed by atoms with Crippen molar-refractivity contribution in [1.29, 1.82) is 0 Å². The molecule has 0 aliphatic rings. The van der Waals surface area contributed by atoms with E-state index in [1.54, 1.807) is 57.2 Å². The fourth-order valence-electron chi connectivity index (χ4n) is 3.50. The lowest BCUT2D eigenvalue weighted by molar-refractivity contribution is -0.150. The Hall–Kier alpha value is -4.53. The molecule has 0 fully saturated rings. The van der Waals surface area contributed by atoms with Gasteiger partial charge in [0.25, 0.3) is 17.4 Å². The van der Waals surface area contributed by atoms with Crippen LogP contribution in [0.4, 0.5) is 0 Å². The van der Waals surface area contributed by atoms with Crippen LogP contribution < -0.4 is 16.2 Å². The largest absolute Gasteiger partial charge is 0.455 e. The Morgan fingerprint density at radius 1 is 0.947 bits per heavy atom. The Labute approximate surface area is 221 Å².